The highest BCUT2D eigenvalue weighted by Gasteiger charge is 1.98. The van der Waals surface area contributed by atoms with Gasteiger partial charge in [0.15, 0.2) is 11.5 Å². The van der Waals surface area contributed by atoms with Crippen LogP contribution < -0.4 is 5.43 Å². The van der Waals surface area contributed by atoms with E-state index < -0.39 is 0 Å². The summed E-state index contributed by atoms with van der Waals surface area (Å²) in [6, 6.07) is 13.3. The SMILES string of the molecule is C(=NNc1ccc2nnnn2n1)c1ccccc1. The van der Waals surface area contributed by atoms with Crippen LogP contribution in [0.5, 0.6) is 0 Å². The van der Waals surface area contributed by atoms with Gasteiger partial charge in [0.2, 0.25) is 0 Å². The van der Waals surface area contributed by atoms with E-state index in [2.05, 4.69) is 31.2 Å². The van der Waals surface area contributed by atoms with E-state index in [1.54, 1.807) is 18.3 Å². The molecule has 0 aliphatic carbocycles. The monoisotopic (exact) mass is 239 g/mol. The molecule has 0 amide bonds. The van der Waals surface area contributed by atoms with Gasteiger partial charge in [0.25, 0.3) is 0 Å². The van der Waals surface area contributed by atoms with Gasteiger partial charge in [-0.2, -0.15) is 5.10 Å². The first-order valence-electron chi connectivity index (χ1n) is 5.31. The van der Waals surface area contributed by atoms with Crippen LogP contribution in [-0.4, -0.2) is 31.5 Å². The molecule has 0 spiro atoms. The third-order valence-electron chi connectivity index (χ3n) is 2.26. The van der Waals surface area contributed by atoms with Crippen molar-refractivity contribution in [3.05, 3.63) is 48.0 Å². The maximum absolute atomic E-state index is 4.12. The lowest BCUT2D eigenvalue weighted by atomic mass is 10.2. The summed E-state index contributed by atoms with van der Waals surface area (Å²) < 4.78 is 1.33. The number of hydrogen-bond donors (Lipinski definition) is 1. The number of hydrogen-bond acceptors (Lipinski definition) is 6. The van der Waals surface area contributed by atoms with Gasteiger partial charge in [-0.3, -0.25) is 5.43 Å². The van der Waals surface area contributed by atoms with E-state index in [1.165, 1.54) is 4.63 Å². The van der Waals surface area contributed by atoms with Crippen molar-refractivity contribution in [2.45, 2.75) is 0 Å². The number of fused-ring (bicyclic) bond motifs is 1. The van der Waals surface area contributed by atoms with Gasteiger partial charge in [0, 0.05) is 0 Å². The van der Waals surface area contributed by atoms with Crippen molar-refractivity contribution in [3.63, 3.8) is 0 Å². The van der Waals surface area contributed by atoms with Gasteiger partial charge in [0.05, 0.1) is 6.21 Å². The molecule has 88 valence electrons. The number of nitrogens with one attached hydrogen (secondary N) is 1. The van der Waals surface area contributed by atoms with Crippen LogP contribution in [0.3, 0.4) is 0 Å². The van der Waals surface area contributed by atoms with Gasteiger partial charge in [0.1, 0.15) is 0 Å². The highest BCUT2D eigenvalue weighted by molar-refractivity contribution is 5.79. The van der Waals surface area contributed by atoms with Crippen molar-refractivity contribution in [3.8, 4) is 0 Å². The summed E-state index contributed by atoms with van der Waals surface area (Å²) >= 11 is 0. The fourth-order valence-corrected chi connectivity index (χ4v) is 1.42. The maximum atomic E-state index is 4.12. The van der Waals surface area contributed by atoms with Crippen LogP contribution in [0.25, 0.3) is 5.65 Å². The number of aromatic nitrogens is 5. The summed E-state index contributed by atoms with van der Waals surface area (Å²) in [5.74, 6) is 0.571. The smallest absolute Gasteiger partial charge is 0.200 e. The Kier molecular flexibility index (Phi) is 2.63. The average Bonchev–Trinajstić information content (AvgIpc) is 2.87. The Labute approximate surface area is 102 Å². The van der Waals surface area contributed by atoms with E-state index in [1.807, 2.05) is 30.3 Å². The van der Waals surface area contributed by atoms with Crippen molar-refractivity contribution < 1.29 is 0 Å². The molecule has 0 radical (unpaired) electrons. The molecule has 2 heterocycles. The lowest BCUT2D eigenvalue weighted by molar-refractivity contribution is 0.735. The second-order valence-electron chi connectivity index (χ2n) is 3.53. The number of benzene rings is 1. The third kappa shape index (κ3) is 2.14. The quantitative estimate of drug-likeness (QED) is 0.544. The van der Waals surface area contributed by atoms with Crippen LogP contribution in [0.1, 0.15) is 5.56 Å². The number of nitrogens with zero attached hydrogens (tertiary/aromatic N) is 6. The Balaban J connectivity index is 1.74. The summed E-state index contributed by atoms with van der Waals surface area (Å²) in [5, 5.41) is 19.2. The molecule has 0 fully saturated rings. The first kappa shape index (κ1) is 10.3. The topological polar surface area (TPSA) is 80.4 Å². The molecule has 0 aliphatic heterocycles. The third-order valence-corrected chi connectivity index (χ3v) is 2.26. The van der Waals surface area contributed by atoms with Gasteiger partial charge in [-0.15, -0.1) is 14.8 Å². The summed E-state index contributed by atoms with van der Waals surface area (Å²) in [7, 11) is 0. The number of rotatable bonds is 3. The van der Waals surface area contributed by atoms with Crippen LogP contribution >= 0.6 is 0 Å². The Bertz CT molecular complexity index is 674. The number of anilines is 1. The predicted octanol–water partition coefficient (Wildman–Crippen LogP) is 0.965. The minimum absolute atomic E-state index is 0.571. The van der Waals surface area contributed by atoms with Crippen LogP contribution in [-0.2, 0) is 0 Å². The molecule has 3 rings (SSSR count). The highest BCUT2D eigenvalue weighted by Crippen LogP contribution is 2.03. The fourth-order valence-electron chi connectivity index (χ4n) is 1.42. The fraction of sp³-hybridized carbons (Fsp3) is 0. The summed E-state index contributed by atoms with van der Waals surface area (Å²) in [6.45, 7) is 0. The normalized spacial score (nSPS) is 11.1. The van der Waals surface area contributed by atoms with Crippen molar-refractivity contribution in [2.24, 2.45) is 5.10 Å². The highest BCUT2D eigenvalue weighted by atomic mass is 15.6. The molecule has 0 saturated carbocycles. The number of hydrazone groups is 1. The Morgan fingerprint density at radius 3 is 2.89 bits per heavy atom. The molecule has 0 saturated heterocycles. The van der Waals surface area contributed by atoms with E-state index in [-0.39, 0.29) is 0 Å². The zero-order valence-electron chi connectivity index (χ0n) is 9.30. The molecule has 0 unspecified atom stereocenters. The van der Waals surface area contributed by atoms with E-state index in [0.29, 0.717) is 11.5 Å². The van der Waals surface area contributed by atoms with E-state index >= 15 is 0 Å². The molecule has 3 aromatic rings. The lowest BCUT2D eigenvalue weighted by Gasteiger charge is -1.98. The second-order valence-corrected chi connectivity index (χ2v) is 3.53. The van der Waals surface area contributed by atoms with Crippen molar-refractivity contribution in [1.29, 1.82) is 0 Å². The second kappa shape index (κ2) is 4.58. The summed E-state index contributed by atoms with van der Waals surface area (Å²) in [6.07, 6.45) is 1.71. The van der Waals surface area contributed by atoms with Gasteiger partial charge >= 0.3 is 0 Å². The summed E-state index contributed by atoms with van der Waals surface area (Å²) in [4.78, 5) is 0. The first-order chi connectivity index (χ1) is 8.92. The minimum atomic E-state index is 0.571. The Morgan fingerprint density at radius 2 is 2.00 bits per heavy atom. The number of tetrazole rings is 1. The van der Waals surface area contributed by atoms with E-state index in [9.17, 15) is 0 Å². The van der Waals surface area contributed by atoms with E-state index in [4.69, 9.17) is 0 Å². The lowest BCUT2D eigenvalue weighted by Crippen LogP contribution is -1.99. The largest absolute Gasteiger partial charge is 0.260 e. The van der Waals surface area contributed by atoms with Crippen molar-refractivity contribution in [2.75, 3.05) is 5.43 Å². The van der Waals surface area contributed by atoms with Crippen LogP contribution in [0.2, 0.25) is 0 Å². The molecule has 0 atom stereocenters. The van der Waals surface area contributed by atoms with Crippen LogP contribution in [0, 0.1) is 0 Å². The molecule has 7 nitrogen and oxygen atoms in total. The van der Waals surface area contributed by atoms with Crippen LogP contribution in [0.15, 0.2) is 47.6 Å². The summed E-state index contributed by atoms with van der Waals surface area (Å²) in [5.41, 5.74) is 4.42. The van der Waals surface area contributed by atoms with Crippen molar-refractivity contribution >= 4 is 17.7 Å². The molecular weight excluding hydrogens is 230 g/mol. The zero-order chi connectivity index (χ0) is 12.2. The molecule has 18 heavy (non-hydrogen) atoms. The molecule has 0 bridgehead atoms. The molecule has 0 aliphatic rings. The molecule has 1 N–H and O–H groups in total. The molecular formula is C11H9N7. The van der Waals surface area contributed by atoms with E-state index in [0.717, 1.165) is 5.56 Å². The Hall–Kier alpha value is -2.83. The van der Waals surface area contributed by atoms with Crippen molar-refractivity contribution in [1.82, 2.24) is 25.3 Å². The van der Waals surface area contributed by atoms with Crippen LogP contribution in [0.4, 0.5) is 5.82 Å². The average molecular weight is 239 g/mol. The first-order valence-corrected chi connectivity index (χ1v) is 5.31. The van der Waals surface area contributed by atoms with Gasteiger partial charge in [-0.1, -0.05) is 30.3 Å². The van der Waals surface area contributed by atoms with Gasteiger partial charge in [-0.05, 0) is 28.1 Å². The molecule has 2 aromatic heterocycles. The molecule has 7 heteroatoms. The maximum Gasteiger partial charge on any atom is 0.200 e. The Morgan fingerprint density at radius 1 is 1.11 bits per heavy atom. The predicted molar refractivity (Wildman–Crippen MR) is 66.2 cm³/mol. The minimum Gasteiger partial charge on any atom is -0.260 e. The van der Waals surface area contributed by atoms with Gasteiger partial charge < -0.3 is 0 Å². The zero-order valence-corrected chi connectivity index (χ0v) is 9.30. The molecule has 1 aromatic carbocycles. The standard InChI is InChI=1S/C11H9N7/c1-2-4-9(5-3-1)8-12-13-10-6-7-11-14-16-17-18(11)15-10/h1-8H,(H,13,15). The van der Waals surface area contributed by atoms with Gasteiger partial charge in [-0.25, -0.2) is 0 Å².